The fourth-order valence-electron chi connectivity index (χ4n) is 0.456. The maximum atomic E-state index is 10.3. The molecular weight excluding hydrogens is 232 g/mol. The van der Waals surface area contributed by atoms with E-state index < -0.39 is 17.9 Å². The maximum Gasteiger partial charge on any atom is 0.335 e. The number of carboxylic acid groups (broad SMARTS) is 2. The normalized spacial score (nSPS) is 9.71. The van der Waals surface area contributed by atoms with Crippen molar-refractivity contribution in [2.45, 2.75) is 6.92 Å². The molecule has 0 heterocycles. The van der Waals surface area contributed by atoms with E-state index in [1.165, 1.54) is 14.0 Å². The standard InChI is InChI=1S/C5H6O4.C5H8O3/c1-3(5(8)9)2-4(6)7;1-4(3-6)5(7)8-2/h2H,1H3,(H,6,7)(H,8,9);6H,1,3H2,2H3/b3-2-;. The lowest BCUT2D eigenvalue weighted by Crippen LogP contribution is -2.06. The highest BCUT2D eigenvalue weighted by atomic mass is 16.5. The number of hydrogen-bond donors (Lipinski definition) is 3. The number of carbonyl (C=O) groups excluding carboxylic acids is 1. The summed E-state index contributed by atoms with van der Waals surface area (Å²) in [5.74, 6) is -3.01. The van der Waals surface area contributed by atoms with Crippen LogP contribution in [0, 0.1) is 0 Å². The predicted molar refractivity (Wildman–Crippen MR) is 57.3 cm³/mol. The molecule has 7 heteroatoms. The van der Waals surface area contributed by atoms with Gasteiger partial charge in [-0.25, -0.2) is 14.4 Å². The van der Waals surface area contributed by atoms with Gasteiger partial charge in [0.05, 0.1) is 19.3 Å². The number of methoxy groups -OCH3 is 1. The van der Waals surface area contributed by atoms with Crippen molar-refractivity contribution in [3.05, 3.63) is 23.8 Å². The number of carboxylic acids is 2. The molecule has 0 aromatic heterocycles. The Morgan fingerprint density at radius 2 is 1.76 bits per heavy atom. The first-order chi connectivity index (χ1) is 7.76. The lowest BCUT2D eigenvalue weighted by atomic mass is 10.3. The van der Waals surface area contributed by atoms with Crippen LogP contribution in [-0.4, -0.2) is 46.9 Å². The van der Waals surface area contributed by atoms with Crippen LogP contribution in [0.5, 0.6) is 0 Å². The number of aliphatic hydroxyl groups excluding tert-OH is 1. The molecule has 0 amide bonds. The third kappa shape index (κ3) is 10.1. The third-order valence-corrected chi connectivity index (χ3v) is 1.34. The second-order valence-corrected chi connectivity index (χ2v) is 2.72. The lowest BCUT2D eigenvalue weighted by molar-refractivity contribution is -0.136. The summed E-state index contributed by atoms with van der Waals surface area (Å²) < 4.78 is 4.20. The van der Waals surface area contributed by atoms with Crippen LogP contribution in [0.1, 0.15) is 6.92 Å². The summed E-state index contributed by atoms with van der Waals surface area (Å²) in [6, 6.07) is 0. The number of rotatable bonds is 4. The van der Waals surface area contributed by atoms with Gasteiger partial charge in [0.25, 0.3) is 0 Å². The van der Waals surface area contributed by atoms with Crippen LogP contribution in [0.2, 0.25) is 0 Å². The minimum Gasteiger partial charge on any atom is -0.478 e. The molecular formula is C10H14O7. The van der Waals surface area contributed by atoms with Crippen molar-refractivity contribution in [3.63, 3.8) is 0 Å². The monoisotopic (exact) mass is 246 g/mol. The van der Waals surface area contributed by atoms with E-state index in [4.69, 9.17) is 15.3 Å². The number of esters is 1. The van der Waals surface area contributed by atoms with Crippen LogP contribution in [0.3, 0.4) is 0 Å². The Morgan fingerprint density at radius 1 is 1.29 bits per heavy atom. The molecule has 0 fully saturated rings. The number of hydrogen-bond acceptors (Lipinski definition) is 5. The molecule has 17 heavy (non-hydrogen) atoms. The summed E-state index contributed by atoms with van der Waals surface area (Å²) >= 11 is 0. The van der Waals surface area contributed by atoms with E-state index in [2.05, 4.69) is 11.3 Å². The van der Waals surface area contributed by atoms with Crippen LogP contribution in [0.25, 0.3) is 0 Å². The van der Waals surface area contributed by atoms with Gasteiger partial charge in [-0.05, 0) is 6.92 Å². The van der Waals surface area contributed by atoms with Gasteiger partial charge in [0.15, 0.2) is 0 Å². The van der Waals surface area contributed by atoms with E-state index in [1.54, 1.807) is 0 Å². The molecule has 0 aliphatic heterocycles. The molecule has 0 unspecified atom stereocenters. The van der Waals surface area contributed by atoms with Gasteiger partial charge in [-0.2, -0.15) is 0 Å². The zero-order valence-electron chi connectivity index (χ0n) is 9.47. The van der Waals surface area contributed by atoms with E-state index in [-0.39, 0.29) is 17.8 Å². The highest BCUT2D eigenvalue weighted by molar-refractivity contribution is 5.94. The third-order valence-electron chi connectivity index (χ3n) is 1.34. The molecule has 0 bridgehead atoms. The molecule has 0 rings (SSSR count). The van der Waals surface area contributed by atoms with Crippen molar-refractivity contribution in [1.29, 1.82) is 0 Å². The van der Waals surface area contributed by atoms with Crippen molar-refractivity contribution in [3.8, 4) is 0 Å². The van der Waals surface area contributed by atoms with Crippen molar-refractivity contribution in [1.82, 2.24) is 0 Å². The second kappa shape index (κ2) is 9.10. The van der Waals surface area contributed by atoms with Crippen molar-refractivity contribution < 1.29 is 34.4 Å². The molecule has 96 valence electrons. The van der Waals surface area contributed by atoms with Crippen LogP contribution in [0.15, 0.2) is 23.8 Å². The van der Waals surface area contributed by atoms with Gasteiger partial charge in [-0.3, -0.25) is 0 Å². The second-order valence-electron chi connectivity index (χ2n) is 2.72. The first-order valence-electron chi connectivity index (χ1n) is 4.27. The van der Waals surface area contributed by atoms with Crippen molar-refractivity contribution >= 4 is 17.9 Å². The Morgan fingerprint density at radius 3 is 1.88 bits per heavy atom. The van der Waals surface area contributed by atoms with E-state index in [1.807, 2.05) is 0 Å². The number of aliphatic carboxylic acids is 2. The van der Waals surface area contributed by atoms with Gasteiger partial charge in [0.1, 0.15) is 0 Å². The largest absolute Gasteiger partial charge is 0.478 e. The van der Waals surface area contributed by atoms with Crippen molar-refractivity contribution in [2.75, 3.05) is 13.7 Å². The Hall–Kier alpha value is -2.15. The number of ether oxygens (including phenoxy) is 1. The molecule has 0 aromatic rings. The van der Waals surface area contributed by atoms with Gasteiger partial charge in [-0.1, -0.05) is 6.58 Å². The average Bonchev–Trinajstić information content (AvgIpc) is 2.26. The van der Waals surface area contributed by atoms with Crippen molar-refractivity contribution in [2.24, 2.45) is 0 Å². The van der Waals surface area contributed by atoms with Gasteiger partial charge in [0, 0.05) is 11.6 Å². The maximum absolute atomic E-state index is 10.3. The molecule has 0 saturated carbocycles. The zero-order valence-corrected chi connectivity index (χ0v) is 9.47. The molecule has 7 nitrogen and oxygen atoms in total. The van der Waals surface area contributed by atoms with Crippen LogP contribution in [0.4, 0.5) is 0 Å². The van der Waals surface area contributed by atoms with Crippen LogP contribution in [-0.2, 0) is 19.1 Å². The van der Waals surface area contributed by atoms with Gasteiger partial charge < -0.3 is 20.1 Å². The smallest absolute Gasteiger partial charge is 0.335 e. The topological polar surface area (TPSA) is 121 Å². The summed E-state index contributed by atoms with van der Waals surface area (Å²) in [6.45, 7) is 4.10. The average molecular weight is 246 g/mol. The molecule has 0 saturated heterocycles. The molecule has 0 atom stereocenters. The van der Waals surface area contributed by atoms with E-state index in [0.29, 0.717) is 6.08 Å². The predicted octanol–water partition coefficient (Wildman–Crippen LogP) is -0.190. The molecule has 0 aliphatic carbocycles. The first kappa shape index (κ1) is 17.3. The summed E-state index contributed by atoms with van der Waals surface area (Å²) in [5.41, 5.74) is -0.102. The fourth-order valence-corrected chi connectivity index (χ4v) is 0.456. The SMILES string of the molecule is C/C(=C/C(=O)O)C(=O)O.C=C(CO)C(=O)OC. The number of aliphatic hydroxyl groups is 1. The minimum absolute atomic E-state index is 0.0764. The quantitative estimate of drug-likeness (QED) is 0.464. The first-order valence-corrected chi connectivity index (χ1v) is 4.27. The Balaban J connectivity index is 0. The Bertz CT molecular complexity index is 327. The van der Waals surface area contributed by atoms with Crippen LogP contribution < -0.4 is 0 Å². The summed E-state index contributed by atoms with van der Waals surface area (Å²) in [7, 11) is 1.24. The molecule has 3 N–H and O–H groups in total. The van der Waals surface area contributed by atoms with Crippen LogP contribution >= 0.6 is 0 Å². The summed E-state index contributed by atoms with van der Waals surface area (Å²) in [4.78, 5) is 29.9. The van der Waals surface area contributed by atoms with Gasteiger partial charge in [0.2, 0.25) is 0 Å². The molecule has 0 aromatic carbocycles. The highest BCUT2D eigenvalue weighted by Gasteiger charge is 2.02. The van der Waals surface area contributed by atoms with Gasteiger partial charge >= 0.3 is 17.9 Å². The molecule has 0 radical (unpaired) electrons. The summed E-state index contributed by atoms with van der Waals surface area (Å²) in [5, 5.41) is 24.3. The minimum atomic E-state index is -1.24. The Kier molecular flexibility index (Phi) is 9.24. The van der Waals surface area contributed by atoms with E-state index >= 15 is 0 Å². The Labute approximate surface area is 97.6 Å². The van der Waals surface area contributed by atoms with E-state index in [9.17, 15) is 14.4 Å². The zero-order chi connectivity index (χ0) is 14.0. The molecule has 0 aliphatic rings. The highest BCUT2D eigenvalue weighted by Crippen LogP contribution is 1.90. The van der Waals surface area contributed by atoms with Gasteiger partial charge in [-0.15, -0.1) is 0 Å². The summed E-state index contributed by atoms with van der Waals surface area (Å²) in [6.07, 6.45) is 0.641. The lowest BCUT2D eigenvalue weighted by Gasteiger charge is -1.95. The van der Waals surface area contributed by atoms with E-state index in [0.717, 1.165) is 0 Å². The number of carbonyl (C=O) groups is 3. The molecule has 0 spiro atoms. The fraction of sp³-hybridized carbons (Fsp3) is 0.300.